The van der Waals surface area contributed by atoms with Crippen molar-refractivity contribution < 1.29 is 15.3 Å². The van der Waals surface area contributed by atoms with Gasteiger partial charge in [-0.05, 0) is 6.42 Å². The van der Waals surface area contributed by atoms with Crippen LogP contribution in [0.15, 0.2) is 25.3 Å². The zero-order valence-corrected chi connectivity index (χ0v) is 5.73. The van der Waals surface area contributed by atoms with E-state index in [1.54, 1.807) is 6.08 Å². The van der Waals surface area contributed by atoms with E-state index in [-0.39, 0.29) is 0 Å². The topological polar surface area (TPSA) is 49.7 Å². The second-order valence-electron chi connectivity index (χ2n) is 1.90. The number of aliphatic hydroxyl groups excluding tert-OH is 1. The van der Waals surface area contributed by atoms with E-state index in [1.807, 2.05) is 0 Å². The second-order valence-corrected chi connectivity index (χ2v) is 1.90. The quantitative estimate of drug-likeness (QED) is 0.343. The van der Waals surface area contributed by atoms with Crippen LogP contribution in [0.25, 0.3) is 0 Å². The molecule has 3 heteroatoms. The van der Waals surface area contributed by atoms with Crippen molar-refractivity contribution in [2.24, 2.45) is 0 Å². The van der Waals surface area contributed by atoms with Crippen LogP contribution in [-0.4, -0.2) is 22.6 Å². The Morgan fingerprint density at radius 1 is 1.50 bits per heavy atom. The van der Waals surface area contributed by atoms with Gasteiger partial charge in [-0.15, -0.1) is 13.2 Å². The van der Waals surface area contributed by atoms with Crippen LogP contribution in [0.5, 0.6) is 0 Å². The van der Waals surface area contributed by atoms with Gasteiger partial charge in [-0.1, -0.05) is 12.2 Å². The molecule has 0 spiro atoms. The maximum atomic E-state index is 9.08. The SMILES string of the molecule is C=CC[C@@H](O)[C@H](C=C)OO. The summed E-state index contributed by atoms with van der Waals surface area (Å²) in [5, 5.41) is 17.2. The zero-order chi connectivity index (χ0) is 7.98. The Morgan fingerprint density at radius 3 is 2.40 bits per heavy atom. The summed E-state index contributed by atoms with van der Waals surface area (Å²) in [6, 6.07) is 0. The molecule has 0 bridgehead atoms. The lowest BCUT2D eigenvalue weighted by Crippen LogP contribution is -2.25. The monoisotopic (exact) mass is 144 g/mol. The van der Waals surface area contributed by atoms with E-state index in [4.69, 9.17) is 10.4 Å². The van der Waals surface area contributed by atoms with Crippen molar-refractivity contribution in [3.8, 4) is 0 Å². The van der Waals surface area contributed by atoms with E-state index in [1.165, 1.54) is 6.08 Å². The van der Waals surface area contributed by atoms with Gasteiger partial charge in [0, 0.05) is 0 Å². The van der Waals surface area contributed by atoms with Gasteiger partial charge in [-0.3, -0.25) is 5.26 Å². The van der Waals surface area contributed by atoms with Gasteiger partial charge in [-0.25, -0.2) is 4.89 Å². The molecule has 0 heterocycles. The molecule has 0 aromatic carbocycles. The average molecular weight is 144 g/mol. The lowest BCUT2D eigenvalue weighted by molar-refractivity contribution is -0.282. The molecule has 2 N–H and O–H groups in total. The molecule has 0 unspecified atom stereocenters. The summed E-state index contributed by atoms with van der Waals surface area (Å²) in [5.41, 5.74) is 0. The lowest BCUT2D eigenvalue weighted by atomic mass is 10.1. The van der Waals surface area contributed by atoms with Crippen LogP contribution < -0.4 is 0 Å². The Hall–Kier alpha value is -0.640. The van der Waals surface area contributed by atoms with E-state index in [0.29, 0.717) is 6.42 Å². The van der Waals surface area contributed by atoms with Crippen molar-refractivity contribution in [2.75, 3.05) is 0 Å². The van der Waals surface area contributed by atoms with Gasteiger partial charge in [0.15, 0.2) is 0 Å². The molecule has 0 aliphatic rings. The molecule has 0 aliphatic carbocycles. The van der Waals surface area contributed by atoms with Crippen molar-refractivity contribution in [1.82, 2.24) is 0 Å². The normalized spacial score (nSPS) is 15.8. The van der Waals surface area contributed by atoms with Gasteiger partial charge < -0.3 is 5.11 Å². The molecule has 0 radical (unpaired) electrons. The number of hydrogen-bond acceptors (Lipinski definition) is 3. The van der Waals surface area contributed by atoms with Crippen LogP contribution in [0.3, 0.4) is 0 Å². The molecule has 3 nitrogen and oxygen atoms in total. The fourth-order valence-corrected chi connectivity index (χ4v) is 0.575. The first-order chi connectivity index (χ1) is 4.76. The Labute approximate surface area is 60.2 Å². The number of aliphatic hydroxyl groups is 1. The molecular weight excluding hydrogens is 132 g/mol. The number of rotatable bonds is 5. The summed E-state index contributed by atoms with van der Waals surface area (Å²) in [7, 11) is 0. The predicted octanol–water partition coefficient (Wildman–Crippen LogP) is 0.968. The highest BCUT2D eigenvalue weighted by molar-refractivity contribution is 4.88. The highest BCUT2D eigenvalue weighted by atomic mass is 17.1. The molecule has 0 aliphatic heterocycles. The van der Waals surface area contributed by atoms with E-state index >= 15 is 0 Å². The van der Waals surface area contributed by atoms with E-state index in [0.717, 1.165) is 0 Å². The first kappa shape index (κ1) is 9.36. The van der Waals surface area contributed by atoms with Crippen LogP contribution in [0, 0.1) is 0 Å². The van der Waals surface area contributed by atoms with Gasteiger partial charge in [0.1, 0.15) is 6.10 Å². The van der Waals surface area contributed by atoms with Crippen LogP contribution in [0.2, 0.25) is 0 Å². The fraction of sp³-hybridized carbons (Fsp3) is 0.429. The Morgan fingerprint density at radius 2 is 2.10 bits per heavy atom. The maximum Gasteiger partial charge on any atom is 0.137 e. The molecular formula is C7H12O3. The standard InChI is InChI=1S/C7H12O3/c1-3-5-6(8)7(4-2)10-9/h3-4,6-9H,1-2,5H2/t6-,7+/m1/s1. The zero-order valence-electron chi connectivity index (χ0n) is 5.73. The number of hydrogen-bond donors (Lipinski definition) is 2. The van der Waals surface area contributed by atoms with Gasteiger partial charge in [0.25, 0.3) is 0 Å². The first-order valence-electron chi connectivity index (χ1n) is 2.98. The highest BCUT2D eigenvalue weighted by Crippen LogP contribution is 2.03. The summed E-state index contributed by atoms with van der Waals surface area (Å²) in [5.74, 6) is 0. The van der Waals surface area contributed by atoms with Gasteiger partial charge in [0.05, 0.1) is 6.10 Å². The minimum absolute atomic E-state index is 0.372. The van der Waals surface area contributed by atoms with Crippen LogP contribution in [-0.2, 0) is 4.89 Å². The fourth-order valence-electron chi connectivity index (χ4n) is 0.575. The molecule has 0 fully saturated rings. The molecule has 0 aromatic heterocycles. The predicted molar refractivity (Wildman–Crippen MR) is 38.5 cm³/mol. The van der Waals surface area contributed by atoms with Crippen LogP contribution in [0.4, 0.5) is 0 Å². The summed E-state index contributed by atoms with van der Waals surface area (Å²) < 4.78 is 0. The van der Waals surface area contributed by atoms with Crippen LogP contribution >= 0.6 is 0 Å². The minimum Gasteiger partial charge on any atom is -0.390 e. The van der Waals surface area contributed by atoms with E-state index in [2.05, 4.69) is 18.0 Å². The molecule has 0 aromatic rings. The van der Waals surface area contributed by atoms with E-state index < -0.39 is 12.2 Å². The molecule has 2 atom stereocenters. The van der Waals surface area contributed by atoms with Gasteiger partial charge in [0.2, 0.25) is 0 Å². The summed E-state index contributed by atoms with van der Waals surface area (Å²) >= 11 is 0. The van der Waals surface area contributed by atoms with Crippen molar-refractivity contribution in [2.45, 2.75) is 18.6 Å². The van der Waals surface area contributed by atoms with E-state index in [9.17, 15) is 0 Å². The third kappa shape index (κ3) is 2.77. The molecule has 0 amide bonds. The molecule has 0 rings (SSSR count). The Kier molecular flexibility index (Phi) is 4.84. The molecule has 10 heavy (non-hydrogen) atoms. The van der Waals surface area contributed by atoms with Gasteiger partial charge >= 0.3 is 0 Å². The highest BCUT2D eigenvalue weighted by Gasteiger charge is 2.13. The Bertz CT molecular complexity index is 111. The summed E-state index contributed by atoms with van der Waals surface area (Å²) in [4.78, 5) is 3.90. The largest absolute Gasteiger partial charge is 0.390 e. The molecule has 0 saturated carbocycles. The molecule has 58 valence electrons. The average Bonchev–Trinajstić information content (AvgIpc) is 1.91. The Balaban J connectivity index is 3.74. The third-order valence-electron chi connectivity index (χ3n) is 1.14. The smallest absolute Gasteiger partial charge is 0.137 e. The van der Waals surface area contributed by atoms with Gasteiger partial charge in [-0.2, -0.15) is 0 Å². The lowest BCUT2D eigenvalue weighted by Gasteiger charge is -2.13. The van der Waals surface area contributed by atoms with Crippen molar-refractivity contribution in [1.29, 1.82) is 0 Å². The third-order valence-corrected chi connectivity index (χ3v) is 1.14. The minimum atomic E-state index is -0.764. The summed E-state index contributed by atoms with van der Waals surface area (Å²) in [6.45, 7) is 6.78. The second kappa shape index (κ2) is 5.17. The maximum absolute atomic E-state index is 9.08. The summed E-state index contributed by atoms with van der Waals surface area (Å²) in [6.07, 6.45) is 1.75. The van der Waals surface area contributed by atoms with Crippen molar-refractivity contribution in [3.05, 3.63) is 25.3 Å². The van der Waals surface area contributed by atoms with Crippen molar-refractivity contribution >= 4 is 0 Å². The first-order valence-corrected chi connectivity index (χ1v) is 2.98. The van der Waals surface area contributed by atoms with Crippen LogP contribution in [0.1, 0.15) is 6.42 Å². The molecule has 0 saturated heterocycles. The van der Waals surface area contributed by atoms with Crippen molar-refractivity contribution in [3.63, 3.8) is 0 Å².